The molecule has 0 fully saturated rings. The molecular weight excluding hydrogens is 280 g/mol. The Kier molecular flexibility index (Phi) is 5.83. The minimum absolute atomic E-state index is 0.369. The summed E-state index contributed by atoms with van der Waals surface area (Å²) in [7, 11) is 2.97. The molecule has 0 saturated heterocycles. The summed E-state index contributed by atoms with van der Waals surface area (Å²) in [5.41, 5.74) is 1.16. The Morgan fingerprint density at radius 3 is 2.18 bits per heavy atom. The van der Waals surface area contributed by atoms with Gasteiger partial charge in [0, 0.05) is 0 Å². The van der Waals surface area contributed by atoms with Crippen LogP contribution in [-0.2, 0) is 16.0 Å². The summed E-state index contributed by atoms with van der Waals surface area (Å²) in [6.07, 6.45) is 0.679. The van der Waals surface area contributed by atoms with E-state index in [1.807, 2.05) is 30.3 Å². The molecule has 4 nitrogen and oxygen atoms in total. The average Bonchev–Trinajstić information content (AvgIpc) is 2.59. The zero-order valence-corrected chi connectivity index (χ0v) is 12.8. The van der Waals surface area contributed by atoms with Gasteiger partial charge in [-0.2, -0.15) is 0 Å². The third-order valence-corrected chi connectivity index (χ3v) is 3.34. The second kappa shape index (κ2) is 8.08. The fourth-order valence-electron chi connectivity index (χ4n) is 2.12. The van der Waals surface area contributed by atoms with Gasteiger partial charge in [0.15, 0.2) is 6.10 Å². The second-order valence-electron chi connectivity index (χ2n) is 4.83. The van der Waals surface area contributed by atoms with Crippen LogP contribution in [0.4, 0.5) is 0 Å². The van der Waals surface area contributed by atoms with E-state index in [-0.39, 0.29) is 5.97 Å². The molecule has 0 spiro atoms. The Bertz CT molecular complexity index is 578. The van der Waals surface area contributed by atoms with Crippen LogP contribution < -0.4 is 9.47 Å². The van der Waals surface area contributed by atoms with Crippen molar-refractivity contribution in [2.75, 3.05) is 14.2 Å². The normalized spacial score (nSPS) is 11.5. The molecule has 1 atom stereocenters. The maximum atomic E-state index is 11.9. The first-order chi connectivity index (χ1) is 10.7. The van der Waals surface area contributed by atoms with Gasteiger partial charge in [0.25, 0.3) is 0 Å². The van der Waals surface area contributed by atoms with Crippen LogP contribution >= 0.6 is 0 Å². The Hall–Kier alpha value is -2.49. The molecule has 0 aliphatic rings. The van der Waals surface area contributed by atoms with Gasteiger partial charge in [-0.15, -0.1) is 0 Å². The molecule has 0 unspecified atom stereocenters. The zero-order valence-electron chi connectivity index (χ0n) is 12.8. The molecular formula is C18H20O4. The van der Waals surface area contributed by atoms with E-state index < -0.39 is 6.10 Å². The number of rotatable bonds is 7. The number of ether oxygens (including phenoxy) is 3. The summed E-state index contributed by atoms with van der Waals surface area (Å²) < 4.78 is 15.7. The minimum Gasteiger partial charge on any atom is -0.497 e. The van der Waals surface area contributed by atoms with Gasteiger partial charge in [0.1, 0.15) is 11.5 Å². The van der Waals surface area contributed by atoms with Crippen LogP contribution in [0.15, 0.2) is 54.6 Å². The molecule has 0 aliphatic heterocycles. The molecule has 0 heterocycles. The molecule has 2 rings (SSSR count). The van der Waals surface area contributed by atoms with Crippen LogP contribution in [0.5, 0.6) is 11.5 Å². The van der Waals surface area contributed by atoms with Crippen molar-refractivity contribution in [3.63, 3.8) is 0 Å². The molecule has 116 valence electrons. The molecule has 0 saturated carbocycles. The molecule has 0 aromatic heterocycles. The van der Waals surface area contributed by atoms with Crippen LogP contribution in [0.25, 0.3) is 0 Å². The predicted molar refractivity (Wildman–Crippen MR) is 84.2 cm³/mol. The molecule has 0 bridgehead atoms. The molecule has 2 aromatic carbocycles. The highest BCUT2D eigenvalue weighted by atomic mass is 16.6. The molecule has 0 N–H and O–H groups in total. The molecule has 4 heteroatoms. The van der Waals surface area contributed by atoms with Crippen molar-refractivity contribution in [3.8, 4) is 11.5 Å². The van der Waals surface area contributed by atoms with Crippen molar-refractivity contribution in [3.05, 3.63) is 60.2 Å². The maximum Gasteiger partial charge on any atom is 0.347 e. The lowest BCUT2D eigenvalue weighted by Gasteiger charge is -2.17. The van der Waals surface area contributed by atoms with E-state index in [2.05, 4.69) is 0 Å². The van der Waals surface area contributed by atoms with Crippen LogP contribution in [0.2, 0.25) is 0 Å². The first-order valence-corrected chi connectivity index (χ1v) is 7.15. The monoisotopic (exact) mass is 300 g/mol. The quantitative estimate of drug-likeness (QED) is 0.736. The fourth-order valence-corrected chi connectivity index (χ4v) is 2.12. The second-order valence-corrected chi connectivity index (χ2v) is 4.83. The van der Waals surface area contributed by atoms with E-state index in [0.29, 0.717) is 12.2 Å². The number of hydrogen-bond acceptors (Lipinski definition) is 4. The molecule has 0 aliphatic carbocycles. The summed E-state index contributed by atoms with van der Waals surface area (Å²) in [5, 5.41) is 0. The molecule has 0 radical (unpaired) electrons. The van der Waals surface area contributed by atoms with Crippen molar-refractivity contribution in [2.45, 2.75) is 18.9 Å². The van der Waals surface area contributed by atoms with Crippen molar-refractivity contribution in [1.29, 1.82) is 0 Å². The van der Waals surface area contributed by atoms with Crippen LogP contribution in [-0.4, -0.2) is 26.3 Å². The molecule has 22 heavy (non-hydrogen) atoms. The van der Waals surface area contributed by atoms with Crippen molar-refractivity contribution < 1.29 is 19.0 Å². The Morgan fingerprint density at radius 1 is 0.955 bits per heavy atom. The number of hydrogen-bond donors (Lipinski definition) is 0. The first kappa shape index (κ1) is 15.9. The highest BCUT2D eigenvalue weighted by Crippen LogP contribution is 2.20. The van der Waals surface area contributed by atoms with Crippen LogP contribution in [0.3, 0.4) is 0 Å². The maximum absolute atomic E-state index is 11.9. The standard InChI is InChI=1S/C18H20O4/c1-20-15-9-11-16(12-10-15)22-17(18(19)21-2)13-8-14-6-4-3-5-7-14/h3-7,9-12,17H,8,13H2,1-2H3/t17-/m1/s1. The smallest absolute Gasteiger partial charge is 0.347 e. The van der Waals surface area contributed by atoms with Gasteiger partial charge in [-0.25, -0.2) is 4.79 Å². The summed E-state index contributed by atoms with van der Waals surface area (Å²) in [5.74, 6) is 0.988. The summed E-state index contributed by atoms with van der Waals surface area (Å²) >= 11 is 0. The average molecular weight is 300 g/mol. The Balaban J connectivity index is 2.00. The lowest BCUT2D eigenvalue weighted by Crippen LogP contribution is -2.29. The lowest BCUT2D eigenvalue weighted by molar-refractivity contribution is -0.149. The highest BCUT2D eigenvalue weighted by molar-refractivity contribution is 5.75. The van der Waals surface area contributed by atoms with Crippen LogP contribution in [0, 0.1) is 0 Å². The van der Waals surface area contributed by atoms with E-state index in [9.17, 15) is 4.79 Å². The number of methoxy groups -OCH3 is 2. The Labute approximate surface area is 130 Å². The van der Waals surface area contributed by atoms with E-state index >= 15 is 0 Å². The van der Waals surface area contributed by atoms with E-state index in [1.54, 1.807) is 31.4 Å². The minimum atomic E-state index is -0.626. The third-order valence-electron chi connectivity index (χ3n) is 3.34. The van der Waals surface area contributed by atoms with E-state index in [4.69, 9.17) is 14.2 Å². The van der Waals surface area contributed by atoms with Gasteiger partial charge in [0.05, 0.1) is 14.2 Å². The van der Waals surface area contributed by atoms with Crippen LogP contribution in [0.1, 0.15) is 12.0 Å². The van der Waals surface area contributed by atoms with Gasteiger partial charge < -0.3 is 14.2 Å². The number of benzene rings is 2. The number of carbonyl (C=O) groups excluding carboxylic acids is 1. The van der Waals surface area contributed by atoms with E-state index in [1.165, 1.54) is 7.11 Å². The lowest BCUT2D eigenvalue weighted by atomic mass is 10.1. The van der Waals surface area contributed by atoms with Crippen molar-refractivity contribution in [2.24, 2.45) is 0 Å². The topological polar surface area (TPSA) is 44.8 Å². The van der Waals surface area contributed by atoms with Gasteiger partial charge in [-0.3, -0.25) is 0 Å². The van der Waals surface area contributed by atoms with Gasteiger partial charge in [-0.1, -0.05) is 30.3 Å². The first-order valence-electron chi connectivity index (χ1n) is 7.15. The molecule has 2 aromatic rings. The van der Waals surface area contributed by atoms with Crippen molar-refractivity contribution >= 4 is 5.97 Å². The summed E-state index contributed by atoms with van der Waals surface area (Å²) in [6.45, 7) is 0. The fraction of sp³-hybridized carbons (Fsp3) is 0.278. The SMILES string of the molecule is COC(=O)[C@@H](CCc1ccccc1)Oc1ccc(OC)cc1. The largest absolute Gasteiger partial charge is 0.497 e. The van der Waals surface area contributed by atoms with Crippen molar-refractivity contribution in [1.82, 2.24) is 0 Å². The third kappa shape index (κ3) is 4.52. The number of aryl methyl sites for hydroxylation is 1. The Morgan fingerprint density at radius 2 is 1.59 bits per heavy atom. The van der Waals surface area contributed by atoms with E-state index in [0.717, 1.165) is 17.7 Å². The van der Waals surface area contributed by atoms with Gasteiger partial charge in [0.2, 0.25) is 0 Å². The van der Waals surface area contributed by atoms with Gasteiger partial charge in [-0.05, 0) is 42.7 Å². The zero-order chi connectivity index (χ0) is 15.8. The summed E-state index contributed by atoms with van der Waals surface area (Å²) in [4.78, 5) is 11.9. The number of esters is 1. The highest BCUT2D eigenvalue weighted by Gasteiger charge is 2.21. The molecule has 0 amide bonds. The number of carbonyl (C=O) groups is 1. The predicted octanol–water partition coefficient (Wildman–Crippen LogP) is 3.25. The van der Waals surface area contributed by atoms with Gasteiger partial charge >= 0.3 is 5.97 Å². The summed E-state index contributed by atoms with van der Waals surface area (Å²) in [6, 6.07) is 17.1.